The molecule has 0 bridgehead atoms. The summed E-state index contributed by atoms with van der Waals surface area (Å²) in [6, 6.07) is 3.48. The molecule has 0 spiro atoms. The third-order valence-electron chi connectivity index (χ3n) is 3.42. The quantitative estimate of drug-likeness (QED) is 0.862. The molecule has 1 rings (SSSR count). The van der Waals surface area contributed by atoms with Crippen LogP contribution in [0.3, 0.4) is 0 Å². The number of aromatic nitrogens is 1. The Morgan fingerprint density at radius 1 is 1.42 bits per heavy atom. The van der Waals surface area contributed by atoms with Crippen LogP contribution in [-0.4, -0.2) is 33.9 Å². The summed E-state index contributed by atoms with van der Waals surface area (Å²) in [7, 11) is 1.79. The van der Waals surface area contributed by atoms with Crippen LogP contribution in [0.1, 0.15) is 43.7 Å². The molecule has 0 saturated carbocycles. The van der Waals surface area contributed by atoms with Crippen molar-refractivity contribution in [1.82, 2.24) is 9.88 Å². The third kappa shape index (κ3) is 3.73. The zero-order valence-electron chi connectivity index (χ0n) is 12.1. The average molecular weight is 279 g/mol. The van der Waals surface area contributed by atoms with Gasteiger partial charge in [-0.2, -0.15) is 0 Å². The van der Waals surface area contributed by atoms with Gasteiger partial charge in [-0.25, -0.2) is 0 Å². The lowest BCUT2D eigenvalue weighted by Crippen LogP contribution is -2.43. The van der Waals surface area contributed by atoms with Crippen molar-refractivity contribution in [3.05, 3.63) is 29.6 Å². The Bertz CT molecular complexity index is 476. The molecule has 5 heteroatoms. The van der Waals surface area contributed by atoms with E-state index < -0.39 is 0 Å². The second-order valence-electron chi connectivity index (χ2n) is 5.75. The van der Waals surface area contributed by atoms with Crippen molar-refractivity contribution < 1.29 is 4.79 Å². The Hall–Kier alpha value is -1.49. The molecule has 19 heavy (non-hydrogen) atoms. The summed E-state index contributed by atoms with van der Waals surface area (Å²) in [6.07, 6.45) is 1.53. The molecule has 104 valence electrons. The summed E-state index contributed by atoms with van der Waals surface area (Å²) in [5, 5.41) is 0. The molecule has 0 saturated heterocycles. The van der Waals surface area contributed by atoms with Crippen LogP contribution in [0.2, 0.25) is 0 Å². The van der Waals surface area contributed by atoms with Gasteiger partial charge in [0.2, 0.25) is 0 Å². The summed E-state index contributed by atoms with van der Waals surface area (Å²) in [4.78, 5) is 18.4. The van der Waals surface area contributed by atoms with E-state index in [2.05, 4.69) is 25.8 Å². The summed E-state index contributed by atoms with van der Waals surface area (Å²) in [6.45, 7) is 8.34. The highest BCUT2D eigenvalue weighted by Crippen LogP contribution is 2.23. The van der Waals surface area contributed by atoms with Crippen LogP contribution in [0.15, 0.2) is 18.3 Å². The molecule has 0 radical (unpaired) electrons. The van der Waals surface area contributed by atoms with Crippen molar-refractivity contribution in [2.24, 2.45) is 11.1 Å². The zero-order chi connectivity index (χ0) is 14.8. The number of nitrogens with zero attached hydrogens (tertiary/aromatic N) is 2. The molecule has 0 fully saturated rings. The van der Waals surface area contributed by atoms with Gasteiger partial charge in [-0.1, -0.05) is 33.0 Å². The number of rotatable bonds is 3. The van der Waals surface area contributed by atoms with E-state index in [0.717, 1.165) is 0 Å². The molecule has 0 aliphatic carbocycles. The van der Waals surface area contributed by atoms with E-state index in [0.29, 0.717) is 11.3 Å². The largest absolute Gasteiger partial charge is 0.389 e. The number of pyridine rings is 1. The predicted molar refractivity (Wildman–Crippen MR) is 81.1 cm³/mol. The third-order valence-corrected chi connectivity index (χ3v) is 3.66. The lowest BCUT2D eigenvalue weighted by molar-refractivity contribution is 0.0623. The van der Waals surface area contributed by atoms with Gasteiger partial charge < -0.3 is 10.6 Å². The molecule has 1 heterocycles. The minimum atomic E-state index is -0.100. The van der Waals surface area contributed by atoms with Crippen molar-refractivity contribution in [3.63, 3.8) is 0 Å². The molecule has 0 aliphatic heterocycles. The number of hydrogen-bond acceptors (Lipinski definition) is 3. The lowest BCUT2D eigenvalue weighted by atomic mass is 9.87. The first-order valence-electron chi connectivity index (χ1n) is 6.17. The fraction of sp³-hybridized carbons (Fsp3) is 0.500. The van der Waals surface area contributed by atoms with E-state index in [4.69, 9.17) is 18.0 Å². The summed E-state index contributed by atoms with van der Waals surface area (Å²) in [5.74, 6) is -0.100. The van der Waals surface area contributed by atoms with E-state index in [1.807, 2.05) is 6.92 Å². The number of carbonyl (C=O) groups excluding carboxylic acids is 1. The van der Waals surface area contributed by atoms with Gasteiger partial charge in [-0.3, -0.25) is 9.78 Å². The monoisotopic (exact) mass is 279 g/mol. The summed E-state index contributed by atoms with van der Waals surface area (Å²) in [5.41, 5.74) is 6.58. The first kappa shape index (κ1) is 15.6. The van der Waals surface area contributed by atoms with Crippen LogP contribution in [0, 0.1) is 5.41 Å². The van der Waals surface area contributed by atoms with Crippen LogP contribution >= 0.6 is 12.2 Å². The van der Waals surface area contributed by atoms with Gasteiger partial charge in [0.1, 0.15) is 10.7 Å². The Kier molecular flexibility index (Phi) is 4.63. The first-order chi connectivity index (χ1) is 8.64. The molecule has 2 N–H and O–H groups in total. The standard InChI is InChI=1S/C14H21N3OS/c1-9(14(2,3)4)17(5)13(18)11-7-6-10(8-16-11)12(15)19/h6-9H,1-5H3,(H2,15,19). The molecule has 1 amide bonds. The first-order valence-corrected chi connectivity index (χ1v) is 6.58. The van der Waals surface area contributed by atoms with E-state index in [9.17, 15) is 4.79 Å². The van der Waals surface area contributed by atoms with Crippen molar-refractivity contribution in [1.29, 1.82) is 0 Å². The number of nitrogens with two attached hydrogens (primary N) is 1. The van der Waals surface area contributed by atoms with E-state index in [-0.39, 0.29) is 22.4 Å². The smallest absolute Gasteiger partial charge is 0.272 e. The maximum absolute atomic E-state index is 12.3. The number of carbonyl (C=O) groups is 1. The molecule has 4 nitrogen and oxygen atoms in total. The van der Waals surface area contributed by atoms with Crippen LogP contribution in [0.25, 0.3) is 0 Å². The van der Waals surface area contributed by atoms with Gasteiger partial charge in [0.15, 0.2) is 0 Å². The van der Waals surface area contributed by atoms with Gasteiger partial charge in [0.05, 0.1) is 0 Å². The van der Waals surface area contributed by atoms with Crippen LogP contribution in [0.5, 0.6) is 0 Å². The van der Waals surface area contributed by atoms with Crippen molar-refractivity contribution in [2.45, 2.75) is 33.7 Å². The van der Waals surface area contributed by atoms with Crippen LogP contribution in [-0.2, 0) is 0 Å². The van der Waals surface area contributed by atoms with Gasteiger partial charge in [0.25, 0.3) is 5.91 Å². The molecule has 0 aliphatic rings. The number of amides is 1. The highest BCUT2D eigenvalue weighted by molar-refractivity contribution is 7.80. The van der Waals surface area contributed by atoms with Crippen LogP contribution in [0.4, 0.5) is 0 Å². The molecule has 1 unspecified atom stereocenters. The summed E-state index contributed by atoms with van der Waals surface area (Å²) < 4.78 is 0. The molecule has 0 aromatic carbocycles. The Labute approximate surface area is 120 Å². The average Bonchev–Trinajstić information content (AvgIpc) is 2.35. The molecular formula is C14H21N3OS. The molecule has 1 aromatic rings. The normalized spacial score (nSPS) is 12.9. The fourth-order valence-corrected chi connectivity index (χ4v) is 1.72. The van der Waals surface area contributed by atoms with E-state index in [1.165, 1.54) is 6.20 Å². The second kappa shape index (κ2) is 5.65. The highest BCUT2D eigenvalue weighted by atomic mass is 32.1. The fourth-order valence-electron chi connectivity index (χ4n) is 1.60. The van der Waals surface area contributed by atoms with Gasteiger partial charge in [-0.15, -0.1) is 0 Å². The predicted octanol–water partition coefficient (Wildman–Crippen LogP) is 2.22. The van der Waals surface area contributed by atoms with Gasteiger partial charge >= 0.3 is 0 Å². The molecule has 1 aromatic heterocycles. The Balaban J connectivity index is 2.91. The number of hydrogen-bond donors (Lipinski definition) is 1. The molecule has 1 atom stereocenters. The number of thiocarbonyl (C=S) groups is 1. The maximum atomic E-state index is 12.3. The highest BCUT2D eigenvalue weighted by Gasteiger charge is 2.28. The van der Waals surface area contributed by atoms with Crippen molar-refractivity contribution in [3.8, 4) is 0 Å². The second-order valence-corrected chi connectivity index (χ2v) is 6.19. The maximum Gasteiger partial charge on any atom is 0.272 e. The van der Waals surface area contributed by atoms with Crippen LogP contribution < -0.4 is 5.73 Å². The topological polar surface area (TPSA) is 59.2 Å². The Morgan fingerprint density at radius 3 is 2.37 bits per heavy atom. The van der Waals surface area contributed by atoms with E-state index >= 15 is 0 Å². The van der Waals surface area contributed by atoms with Crippen molar-refractivity contribution in [2.75, 3.05) is 7.05 Å². The van der Waals surface area contributed by atoms with Crippen molar-refractivity contribution >= 4 is 23.1 Å². The minimum absolute atomic E-state index is 0.0170. The summed E-state index contributed by atoms with van der Waals surface area (Å²) >= 11 is 4.86. The minimum Gasteiger partial charge on any atom is -0.389 e. The van der Waals surface area contributed by atoms with E-state index in [1.54, 1.807) is 24.1 Å². The van der Waals surface area contributed by atoms with Gasteiger partial charge in [-0.05, 0) is 24.5 Å². The van der Waals surface area contributed by atoms with Gasteiger partial charge in [0, 0.05) is 24.8 Å². The lowest BCUT2D eigenvalue weighted by Gasteiger charge is -2.35. The SMILES string of the molecule is CC(N(C)C(=O)c1ccc(C(N)=S)cn1)C(C)(C)C. The Morgan fingerprint density at radius 2 is 2.00 bits per heavy atom. The molecular weight excluding hydrogens is 258 g/mol. The zero-order valence-corrected chi connectivity index (χ0v) is 12.9.